The first-order valence-electron chi connectivity index (χ1n) is 3.95. The molecule has 0 aromatic rings. The molecule has 0 rings (SSSR count). The molecule has 3 nitrogen and oxygen atoms in total. The lowest BCUT2D eigenvalue weighted by Crippen LogP contribution is -2.52. The lowest BCUT2D eigenvalue weighted by atomic mass is 9.91. The van der Waals surface area contributed by atoms with Gasteiger partial charge in [-0.15, -0.1) is 0 Å². The molecule has 0 aliphatic heterocycles. The van der Waals surface area contributed by atoms with Gasteiger partial charge in [0.05, 0.1) is 12.7 Å². The number of hydrogen-bond acceptors (Lipinski definition) is 3. The molecule has 2 N–H and O–H groups in total. The van der Waals surface area contributed by atoms with Crippen LogP contribution in [0.2, 0.25) is 0 Å². The van der Waals surface area contributed by atoms with Crippen molar-refractivity contribution in [3.05, 3.63) is 0 Å². The molecule has 0 saturated heterocycles. The maximum atomic E-state index is 9.46. The van der Waals surface area contributed by atoms with Gasteiger partial charge in [0.2, 0.25) is 0 Å². The van der Waals surface area contributed by atoms with Crippen molar-refractivity contribution in [2.24, 2.45) is 0 Å². The Morgan fingerprint density at radius 2 is 1.91 bits per heavy atom. The van der Waals surface area contributed by atoms with E-state index >= 15 is 0 Å². The van der Waals surface area contributed by atoms with E-state index in [2.05, 4.69) is 0 Å². The molecule has 0 radical (unpaired) electrons. The van der Waals surface area contributed by atoms with Crippen molar-refractivity contribution >= 4 is 0 Å². The monoisotopic (exact) mass is 161 g/mol. The van der Waals surface area contributed by atoms with E-state index in [1.165, 1.54) is 0 Å². The third kappa shape index (κ3) is 2.15. The van der Waals surface area contributed by atoms with Crippen LogP contribution in [0.5, 0.6) is 0 Å². The Morgan fingerprint density at radius 1 is 1.45 bits per heavy atom. The first-order chi connectivity index (χ1) is 4.99. The Hall–Kier alpha value is -0.120. The van der Waals surface area contributed by atoms with Crippen molar-refractivity contribution in [2.45, 2.75) is 31.9 Å². The molecular formula is C8H19NO2. The minimum Gasteiger partial charge on any atom is -0.394 e. The fourth-order valence-corrected chi connectivity index (χ4v) is 1.05. The second kappa shape index (κ2) is 4.04. The second-order valence-electron chi connectivity index (χ2n) is 3.30. The summed E-state index contributed by atoms with van der Waals surface area (Å²) in [6.07, 6.45) is 0.157. The highest BCUT2D eigenvalue weighted by Gasteiger charge is 2.32. The largest absolute Gasteiger partial charge is 0.394 e. The Kier molecular flexibility index (Phi) is 4.00. The third-order valence-electron chi connectivity index (χ3n) is 2.63. The number of nitrogens with zero attached hydrogens (tertiary/aromatic N) is 1. The first-order valence-corrected chi connectivity index (χ1v) is 3.95. The van der Waals surface area contributed by atoms with Gasteiger partial charge in [-0.2, -0.15) is 0 Å². The van der Waals surface area contributed by atoms with E-state index in [0.29, 0.717) is 0 Å². The molecular weight excluding hydrogens is 142 g/mol. The zero-order valence-corrected chi connectivity index (χ0v) is 7.83. The number of rotatable bonds is 4. The van der Waals surface area contributed by atoms with Crippen LogP contribution < -0.4 is 0 Å². The van der Waals surface area contributed by atoms with Crippen molar-refractivity contribution in [1.29, 1.82) is 0 Å². The molecule has 2 atom stereocenters. The number of aliphatic hydroxyl groups is 2. The Balaban J connectivity index is 4.32. The molecule has 0 saturated carbocycles. The number of aliphatic hydroxyl groups excluding tert-OH is 2. The molecule has 2 unspecified atom stereocenters. The van der Waals surface area contributed by atoms with E-state index in [-0.39, 0.29) is 12.1 Å². The smallest absolute Gasteiger partial charge is 0.0950 e. The van der Waals surface area contributed by atoms with Crippen LogP contribution in [-0.2, 0) is 0 Å². The maximum absolute atomic E-state index is 9.46. The highest BCUT2D eigenvalue weighted by atomic mass is 16.3. The van der Waals surface area contributed by atoms with Crippen molar-refractivity contribution in [3.63, 3.8) is 0 Å². The van der Waals surface area contributed by atoms with Crippen LogP contribution in [0, 0.1) is 0 Å². The average Bonchev–Trinajstić information content (AvgIpc) is 2.01. The summed E-state index contributed by atoms with van der Waals surface area (Å²) in [5, 5.41) is 18.2. The fourth-order valence-electron chi connectivity index (χ4n) is 1.05. The summed E-state index contributed by atoms with van der Waals surface area (Å²) < 4.78 is 0. The summed E-state index contributed by atoms with van der Waals surface area (Å²) in [7, 11) is 3.81. The lowest BCUT2D eigenvalue weighted by molar-refractivity contribution is -0.0294. The topological polar surface area (TPSA) is 43.7 Å². The van der Waals surface area contributed by atoms with E-state index in [9.17, 15) is 5.11 Å². The van der Waals surface area contributed by atoms with Gasteiger partial charge < -0.3 is 15.1 Å². The Morgan fingerprint density at radius 3 is 2.00 bits per heavy atom. The summed E-state index contributed by atoms with van der Waals surface area (Å²) >= 11 is 0. The normalized spacial score (nSPS) is 19.9. The van der Waals surface area contributed by atoms with Crippen LogP contribution in [-0.4, -0.2) is 47.5 Å². The van der Waals surface area contributed by atoms with E-state index in [1.807, 2.05) is 32.8 Å². The highest BCUT2D eigenvalue weighted by Crippen LogP contribution is 2.20. The average molecular weight is 161 g/mol. The zero-order valence-electron chi connectivity index (χ0n) is 7.83. The number of likely N-dealkylation sites (N-methyl/N-ethyl adjacent to an activating group) is 1. The van der Waals surface area contributed by atoms with E-state index < -0.39 is 6.10 Å². The van der Waals surface area contributed by atoms with Gasteiger partial charge >= 0.3 is 0 Å². The van der Waals surface area contributed by atoms with Crippen LogP contribution in [0.1, 0.15) is 20.3 Å². The Labute approximate surface area is 68.6 Å². The van der Waals surface area contributed by atoms with Gasteiger partial charge in [-0.25, -0.2) is 0 Å². The molecule has 11 heavy (non-hydrogen) atoms. The van der Waals surface area contributed by atoms with Crippen LogP contribution in [0.4, 0.5) is 0 Å². The summed E-state index contributed by atoms with van der Waals surface area (Å²) in [6, 6.07) is 0. The standard InChI is InChI=1S/C8H19NO2/c1-5-8(2,9(3)4)7(11)6-10/h7,10-11H,5-6H2,1-4H3. The predicted octanol–water partition coefficient (Wildman–Crippen LogP) is 0.0699. The van der Waals surface area contributed by atoms with Gasteiger partial charge in [-0.1, -0.05) is 6.92 Å². The van der Waals surface area contributed by atoms with Gasteiger partial charge in [-0.05, 0) is 27.4 Å². The lowest BCUT2D eigenvalue weighted by Gasteiger charge is -2.39. The van der Waals surface area contributed by atoms with Gasteiger partial charge in [0, 0.05) is 5.54 Å². The fraction of sp³-hybridized carbons (Fsp3) is 1.00. The summed E-state index contributed by atoms with van der Waals surface area (Å²) in [6.45, 7) is 3.76. The quantitative estimate of drug-likeness (QED) is 0.613. The van der Waals surface area contributed by atoms with E-state index in [4.69, 9.17) is 5.11 Å². The van der Waals surface area contributed by atoms with Gasteiger partial charge in [0.15, 0.2) is 0 Å². The van der Waals surface area contributed by atoms with Crippen LogP contribution >= 0.6 is 0 Å². The van der Waals surface area contributed by atoms with Crippen LogP contribution in [0.25, 0.3) is 0 Å². The minimum absolute atomic E-state index is 0.178. The molecule has 3 heteroatoms. The maximum Gasteiger partial charge on any atom is 0.0950 e. The minimum atomic E-state index is -0.664. The molecule has 0 heterocycles. The molecule has 0 aliphatic carbocycles. The van der Waals surface area contributed by atoms with Gasteiger partial charge in [0.25, 0.3) is 0 Å². The molecule has 68 valence electrons. The second-order valence-corrected chi connectivity index (χ2v) is 3.30. The predicted molar refractivity (Wildman–Crippen MR) is 45.5 cm³/mol. The molecule has 0 amide bonds. The van der Waals surface area contributed by atoms with E-state index in [1.54, 1.807) is 0 Å². The summed E-state index contributed by atoms with van der Waals surface area (Å²) in [5.74, 6) is 0. The van der Waals surface area contributed by atoms with Crippen LogP contribution in [0.15, 0.2) is 0 Å². The van der Waals surface area contributed by atoms with Crippen molar-refractivity contribution in [3.8, 4) is 0 Å². The summed E-state index contributed by atoms with van der Waals surface area (Å²) in [5.41, 5.74) is -0.311. The third-order valence-corrected chi connectivity index (χ3v) is 2.63. The molecule has 0 aromatic heterocycles. The van der Waals surface area contributed by atoms with Crippen molar-refractivity contribution < 1.29 is 10.2 Å². The molecule has 0 aromatic carbocycles. The van der Waals surface area contributed by atoms with E-state index in [0.717, 1.165) is 6.42 Å². The van der Waals surface area contributed by atoms with Gasteiger partial charge in [0.1, 0.15) is 0 Å². The van der Waals surface area contributed by atoms with Crippen LogP contribution in [0.3, 0.4) is 0 Å². The summed E-state index contributed by atoms with van der Waals surface area (Å²) in [4.78, 5) is 1.94. The molecule has 0 bridgehead atoms. The zero-order chi connectivity index (χ0) is 9.07. The highest BCUT2D eigenvalue weighted by molar-refractivity contribution is 4.88. The van der Waals surface area contributed by atoms with Crippen molar-refractivity contribution in [1.82, 2.24) is 4.90 Å². The molecule has 0 fully saturated rings. The van der Waals surface area contributed by atoms with Crippen molar-refractivity contribution in [2.75, 3.05) is 20.7 Å². The first kappa shape index (κ1) is 10.9. The molecule has 0 aliphatic rings. The SMILES string of the molecule is CCC(C)(C(O)CO)N(C)C. The molecule has 0 spiro atoms. The Bertz CT molecular complexity index is 117. The number of hydrogen-bond donors (Lipinski definition) is 2. The van der Waals surface area contributed by atoms with Gasteiger partial charge in [-0.3, -0.25) is 0 Å².